The maximum atomic E-state index is 4.66. The Morgan fingerprint density at radius 1 is 1.24 bits per heavy atom. The molecule has 0 aromatic carbocycles. The highest BCUT2D eigenvalue weighted by molar-refractivity contribution is 5.45. The zero-order chi connectivity index (χ0) is 14.2. The van der Waals surface area contributed by atoms with E-state index in [-0.39, 0.29) is 0 Å². The van der Waals surface area contributed by atoms with Gasteiger partial charge in [0.05, 0.1) is 18.4 Å². The predicted molar refractivity (Wildman–Crippen MR) is 76.9 cm³/mol. The van der Waals surface area contributed by atoms with Crippen LogP contribution in [0.3, 0.4) is 0 Å². The number of hydrogen-bond donors (Lipinski definition) is 0. The van der Waals surface area contributed by atoms with Crippen LogP contribution in [0.2, 0.25) is 0 Å². The van der Waals surface area contributed by atoms with Crippen molar-refractivity contribution in [1.82, 2.24) is 29.8 Å². The Labute approximate surface area is 121 Å². The van der Waals surface area contributed by atoms with Crippen LogP contribution in [0.1, 0.15) is 30.3 Å². The third kappa shape index (κ3) is 2.31. The number of nitrogens with zero attached hydrogens (tertiary/aromatic N) is 7. The number of fused-ring (bicyclic) bond motifs is 1. The standard InChI is InChI=1S/C14H15N7/c1-20(9-11-8-15-6-7-16-11)13-5-4-12-17-18-14(10-2-3-10)21(12)19-13/h4-8,10H,2-3,9H2,1H3. The van der Waals surface area contributed by atoms with Crippen molar-refractivity contribution in [3.63, 3.8) is 0 Å². The predicted octanol–water partition coefficient (Wildman–Crippen LogP) is 1.43. The summed E-state index contributed by atoms with van der Waals surface area (Å²) >= 11 is 0. The van der Waals surface area contributed by atoms with E-state index in [1.165, 1.54) is 12.8 Å². The summed E-state index contributed by atoms with van der Waals surface area (Å²) in [6, 6.07) is 3.91. The Morgan fingerprint density at radius 2 is 2.14 bits per heavy atom. The molecule has 3 aromatic heterocycles. The monoisotopic (exact) mass is 281 g/mol. The van der Waals surface area contributed by atoms with Gasteiger partial charge < -0.3 is 4.90 Å². The number of hydrogen-bond acceptors (Lipinski definition) is 6. The van der Waals surface area contributed by atoms with E-state index in [2.05, 4.69) is 25.3 Å². The van der Waals surface area contributed by atoms with Crippen molar-refractivity contribution < 1.29 is 0 Å². The van der Waals surface area contributed by atoms with Crippen LogP contribution in [-0.2, 0) is 6.54 Å². The molecule has 1 fully saturated rings. The van der Waals surface area contributed by atoms with Crippen LogP contribution >= 0.6 is 0 Å². The molecule has 0 atom stereocenters. The summed E-state index contributed by atoms with van der Waals surface area (Å²) in [5, 5.41) is 13.1. The van der Waals surface area contributed by atoms with E-state index in [4.69, 9.17) is 0 Å². The van der Waals surface area contributed by atoms with Crippen molar-refractivity contribution in [2.24, 2.45) is 0 Å². The molecular formula is C14H15N7. The lowest BCUT2D eigenvalue weighted by molar-refractivity contribution is 0.780. The molecule has 0 unspecified atom stereocenters. The van der Waals surface area contributed by atoms with E-state index >= 15 is 0 Å². The second-order valence-electron chi connectivity index (χ2n) is 5.35. The van der Waals surface area contributed by atoms with Crippen LogP contribution in [0, 0.1) is 0 Å². The molecule has 0 saturated heterocycles. The smallest absolute Gasteiger partial charge is 0.178 e. The molecule has 3 heterocycles. The largest absolute Gasteiger partial charge is 0.352 e. The maximum Gasteiger partial charge on any atom is 0.178 e. The van der Waals surface area contributed by atoms with Crippen molar-refractivity contribution in [1.29, 1.82) is 0 Å². The number of aromatic nitrogens is 6. The summed E-state index contributed by atoms with van der Waals surface area (Å²) in [7, 11) is 1.99. The molecule has 0 aliphatic heterocycles. The van der Waals surface area contributed by atoms with Crippen LogP contribution in [0.25, 0.3) is 5.65 Å². The van der Waals surface area contributed by atoms with Crippen LogP contribution in [-0.4, -0.2) is 36.8 Å². The highest BCUT2D eigenvalue weighted by atomic mass is 15.4. The summed E-state index contributed by atoms with van der Waals surface area (Å²) in [4.78, 5) is 10.4. The molecule has 0 N–H and O–H groups in total. The molecule has 21 heavy (non-hydrogen) atoms. The van der Waals surface area contributed by atoms with Crippen LogP contribution in [0.5, 0.6) is 0 Å². The lowest BCUT2D eigenvalue weighted by atomic mass is 10.4. The van der Waals surface area contributed by atoms with Gasteiger partial charge in [0.15, 0.2) is 11.5 Å². The van der Waals surface area contributed by atoms with Gasteiger partial charge in [0, 0.05) is 25.4 Å². The summed E-state index contributed by atoms with van der Waals surface area (Å²) in [5.74, 6) is 2.36. The van der Waals surface area contributed by atoms with Crippen molar-refractivity contribution in [3.05, 3.63) is 42.2 Å². The zero-order valence-electron chi connectivity index (χ0n) is 11.7. The topological polar surface area (TPSA) is 72.1 Å². The molecule has 0 spiro atoms. The second-order valence-corrected chi connectivity index (χ2v) is 5.35. The molecule has 1 aliphatic carbocycles. The second kappa shape index (κ2) is 4.76. The average molecular weight is 281 g/mol. The van der Waals surface area contributed by atoms with E-state index in [1.54, 1.807) is 18.6 Å². The molecule has 0 radical (unpaired) electrons. The zero-order valence-corrected chi connectivity index (χ0v) is 11.7. The molecule has 0 bridgehead atoms. The Morgan fingerprint density at radius 3 is 2.90 bits per heavy atom. The van der Waals surface area contributed by atoms with E-state index in [0.717, 1.165) is 23.0 Å². The Bertz CT molecular complexity index is 763. The lowest BCUT2D eigenvalue weighted by Crippen LogP contribution is -2.19. The fourth-order valence-electron chi connectivity index (χ4n) is 2.33. The third-order valence-electron chi connectivity index (χ3n) is 3.62. The number of anilines is 1. The van der Waals surface area contributed by atoms with Gasteiger partial charge in [-0.15, -0.1) is 15.3 Å². The van der Waals surface area contributed by atoms with Gasteiger partial charge >= 0.3 is 0 Å². The molecule has 0 amide bonds. The van der Waals surface area contributed by atoms with Crippen LogP contribution in [0.15, 0.2) is 30.7 Å². The van der Waals surface area contributed by atoms with Gasteiger partial charge in [-0.25, -0.2) is 0 Å². The lowest BCUT2D eigenvalue weighted by Gasteiger charge is -2.17. The fourth-order valence-corrected chi connectivity index (χ4v) is 2.33. The van der Waals surface area contributed by atoms with Crippen molar-refractivity contribution in [2.75, 3.05) is 11.9 Å². The molecule has 7 heteroatoms. The van der Waals surface area contributed by atoms with Crippen LogP contribution < -0.4 is 4.90 Å². The van der Waals surface area contributed by atoms with Crippen LogP contribution in [0.4, 0.5) is 5.82 Å². The Hall–Kier alpha value is -2.57. The van der Waals surface area contributed by atoms with E-state index in [0.29, 0.717) is 12.5 Å². The van der Waals surface area contributed by atoms with E-state index in [9.17, 15) is 0 Å². The first-order valence-electron chi connectivity index (χ1n) is 6.99. The minimum Gasteiger partial charge on any atom is -0.352 e. The molecule has 1 aliphatic rings. The SMILES string of the molecule is CN(Cc1cnccn1)c1ccc2nnc(C3CC3)n2n1. The quantitative estimate of drug-likeness (QED) is 0.720. The molecule has 4 rings (SSSR count). The van der Waals surface area contributed by atoms with Gasteiger partial charge in [-0.1, -0.05) is 0 Å². The van der Waals surface area contributed by atoms with Gasteiger partial charge in [-0.3, -0.25) is 9.97 Å². The van der Waals surface area contributed by atoms with E-state index < -0.39 is 0 Å². The Balaban J connectivity index is 1.64. The first kappa shape index (κ1) is 12.2. The van der Waals surface area contributed by atoms with Crippen molar-refractivity contribution in [3.8, 4) is 0 Å². The summed E-state index contributed by atoms with van der Waals surface area (Å²) < 4.78 is 1.86. The van der Waals surface area contributed by atoms with Gasteiger partial charge in [0.2, 0.25) is 0 Å². The molecule has 7 nitrogen and oxygen atoms in total. The van der Waals surface area contributed by atoms with Gasteiger partial charge in [-0.2, -0.15) is 4.52 Å². The molecule has 106 valence electrons. The molecule has 3 aromatic rings. The highest BCUT2D eigenvalue weighted by Gasteiger charge is 2.29. The van der Waals surface area contributed by atoms with Crippen molar-refractivity contribution in [2.45, 2.75) is 25.3 Å². The highest BCUT2D eigenvalue weighted by Crippen LogP contribution is 2.38. The summed E-state index contributed by atoms with van der Waals surface area (Å²) in [5.41, 5.74) is 1.71. The number of rotatable bonds is 4. The maximum absolute atomic E-state index is 4.66. The molecule has 1 saturated carbocycles. The Kier molecular flexibility index (Phi) is 2.77. The van der Waals surface area contributed by atoms with Gasteiger partial charge in [0.25, 0.3) is 0 Å². The minimum atomic E-state index is 0.521. The van der Waals surface area contributed by atoms with E-state index in [1.807, 2.05) is 28.6 Å². The van der Waals surface area contributed by atoms with Gasteiger partial charge in [-0.05, 0) is 25.0 Å². The molecular weight excluding hydrogens is 266 g/mol. The van der Waals surface area contributed by atoms with Crippen molar-refractivity contribution >= 4 is 11.5 Å². The normalized spacial score (nSPS) is 14.5. The fraction of sp³-hybridized carbons (Fsp3) is 0.357. The minimum absolute atomic E-state index is 0.521. The third-order valence-corrected chi connectivity index (χ3v) is 3.62. The summed E-state index contributed by atoms with van der Waals surface area (Å²) in [6.45, 7) is 0.660. The first-order chi connectivity index (χ1) is 10.3. The average Bonchev–Trinajstić information content (AvgIpc) is 3.27. The summed E-state index contributed by atoms with van der Waals surface area (Å²) in [6.07, 6.45) is 7.51. The first-order valence-corrected chi connectivity index (χ1v) is 6.99. The van der Waals surface area contributed by atoms with Gasteiger partial charge in [0.1, 0.15) is 5.82 Å².